The Morgan fingerprint density at radius 2 is 1.83 bits per heavy atom. The fraction of sp³-hybridized carbons (Fsp3) is 0.167. The first-order valence-electron chi connectivity index (χ1n) is 7.00. The first-order valence-corrected chi connectivity index (χ1v) is 7.37. The average molecular weight is 331 g/mol. The van der Waals surface area contributed by atoms with Gasteiger partial charge in [0.25, 0.3) is 0 Å². The van der Waals surface area contributed by atoms with Crippen LogP contribution in [0.1, 0.15) is 21.5 Å². The third-order valence-electron chi connectivity index (χ3n) is 3.65. The summed E-state index contributed by atoms with van der Waals surface area (Å²) in [5.74, 6) is 1.82. The van der Waals surface area contributed by atoms with Crippen LogP contribution < -0.4 is 14.2 Å². The predicted octanol–water partition coefficient (Wildman–Crippen LogP) is 4.28. The van der Waals surface area contributed by atoms with Gasteiger partial charge in [-0.15, -0.1) is 0 Å². The van der Waals surface area contributed by atoms with Gasteiger partial charge in [-0.25, -0.2) is 0 Å². The van der Waals surface area contributed by atoms with Crippen LogP contribution in [0.2, 0.25) is 5.02 Å². The van der Waals surface area contributed by atoms with Gasteiger partial charge in [0.2, 0.25) is 5.78 Å². The standard InChI is InChI=1S/C18H15ClO4/c1-10-6-15-12(9-13(10)19)18(20)17(23-15)8-11-4-5-14(21-2)16(7-11)22-3/h4-9H,1-3H3/b17-8-. The summed E-state index contributed by atoms with van der Waals surface area (Å²) in [7, 11) is 3.13. The molecule has 0 fully saturated rings. The van der Waals surface area contributed by atoms with Gasteiger partial charge in [-0.05, 0) is 48.4 Å². The molecule has 1 aliphatic heterocycles. The third kappa shape index (κ3) is 2.78. The van der Waals surface area contributed by atoms with Gasteiger partial charge in [-0.2, -0.15) is 0 Å². The van der Waals surface area contributed by atoms with E-state index in [2.05, 4.69) is 0 Å². The van der Waals surface area contributed by atoms with Crippen LogP contribution in [0, 0.1) is 6.92 Å². The van der Waals surface area contributed by atoms with Gasteiger partial charge < -0.3 is 14.2 Å². The summed E-state index contributed by atoms with van der Waals surface area (Å²) < 4.78 is 16.1. The van der Waals surface area contributed by atoms with E-state index in [1.807, 2.05) is 13.0 Å². The fourth-order valence-electron chi connectivity index (χ4n) is 2.40. The summed E-state index contributed by atoms with van der Waals surface area (Å²) in [6.07, 6.45) is 1.67. The molecule has 0 saturated carbocycles. The second-order valence-electron chi connectivity index (χ2n) is 5.15. The fourth-order valence-corrected chi connectivity index (χ4v) is 2.57. The van der Waals surface area contributed by atoms with Gasteiger partial charge in [-0.3, -0.25) is 4.79 Å². The predicted molar refractivity (Wildman–Crippen MR) is 88.7 cm³/mol. The number of aryl methyl sites for hydroxylation is 1. The van der Waals surface area contributed by atoms with Crippen molar-refractivity contribution in [1.82, 2.24) is 0 Å². The third-order valence-corrected chi connectivity index (χ3v) is 4.06. The molecule has 0 bridgehead atoms. The number of Topliss-reactive ketones (excluding diaryl/α,β-unsaturated/α-hetero) is 1. The van der Waals surface area contributed by atoms with E-state index >= 15 is 0 Å². The number of carbonyl (C=O) groups excluding carboxylic acids is 1. The highest BCUT2D eigenvalue weighted by Crippen LogP contribution is 2.36. The summed E-state index contributed by atoms with van der Waals surface area (Å²) in [6, 6.07) is 8.80. The molecule has 2 aromatic rings. The van der Waals surface area contributed by atoms with Crippen molar-refractivity contribution < 1.29 is 19.0 Å². The summed E-state index contributed by atoms with van der Waals surface area (Å²) in [6.45, 7) is 1.87. The van der Waals surface area contributed by atoms with Crippen molar-refractivity contribution in [2.45, 2.75) is 6.92 Å². The maximum atomic E-state index is 12.4. The molecule has 0 amide bonds. The van der Waals surface area contributed by atoms with Crippen molar-refractivity contribution in [2.24, 2.45) is 0 Å². The van der Waals surface area contributed by atoms with Crippen molar-refractivity contribution >= 4 is 23.5 Å². The summed E-state index contributed by atoms with van der Waals surface area (Å²) in [4.78, 5) is 12.4. The molecule has 0 saturated heterocycles. The molecule has 0 spiro atoms. The number of fused-ring (bicyclic) bond motifs is 1. The smallest absolute Gasteiger partial charge is 0.232 e. The molecule has 3 rings (SSSR count). The topological polar surface area (TPSA) is 44.8 Å². The van der Waals surface area contributed by atoms with Crippen LogP contribution in [0.4, 0.5) is 0 Å². The lowest BCUT2D eigenvalue weighted by atomic mass is 10.1. The van der Waals surface area contributed by atoms with Crippen molar-refractivity contribution in [3.05, 3.63) is 57.8 Å². The minimum atomic E-state index is -0.184. The van der Waals surface area contributed by atoms with E-state index in [4.69, 9.17) is 25.8 Å². The molecule has 4 nitrogen and oxygen atoms in total. The van der Waals surface area contributed by atoms with Crippen molar-refractivity contribution in [1.29, 1.82) is 0 Å². The van der Waals surface area contributed by atoms with Crippen LogP contribution in [-0.2, 0) is 0 Å². The van der Waals surface area contributed by atoms with Crippen LogP contribution in [-0.4, -0.2) is 20.0 Å². The lowest BCUT2D eigenvalue weighted by molar-refractivity contribution is 0.101. The Kier molecular flexibility index (Phi) is 4.01. The molecule has 1 aliphatic rings. The molecular formula is C18H15ClO4. The number of ether oxygens (including phenoxy) is 3. The highest BCUT2D eigenvalue weighted by molar-refractivity contribution is 6.32. The number of carbonyl (C=O) groups is 1. The second kappa shape index (κ2) is 5.97. The molecule has 5 heteroatoms. The Hall–Kier alpha value is -2.46. The van der Waals surface area contributed by atoms with Gasteiger partial charge in [-0.1, -0.05) is 17.7 Å². The number of hydrogen-bond acceptors (Lipinski definition) is 4. The van der Waals surface area contributed by atoms with E-state index in [1.165, 1.54) is 0 Å². The molecule has 118 valence electrons. The van der Waals surface area contributed by atoms with Gasteiger partial charge in [0, 0.05) is 5.02 Å². The highest BCUT2D eigenvalue weighted by atomic mass is 35.5. The zero-order valence-corrected chi connectivity index (χ0v) is 13.7. The quantitative estimate of drug-likeness (QED) is 0.788. The number of rotatable bonds is 3. The van der Waals surface area contributed by atoms with Crippen molar-refractivity contribution in [3.8, 4) is 17.2 Å². The van der Waals surface area contributed by atoms with Gasteiger partial charge >= 0.3 is 0 Å². The van der Waals surface area contributed by atoms with E-state index in [1.54, 1.807) is 44.6 Å². The Balaban J connectivity index is 1.97. The molecule has 0 N–H and O–H groups in total. The molecule has 23 heavy (non-hydrogen) atoms. The van der Waals surface area contributed by atoms with E-state index in [-0.39, 0.29) is 11.5 Å². The maximum Gasteiger partial charge on any atom is 0.232 e. The molecule has 0 unspecified atom stereocenters. The molecule has 0 radical (unpaired) electrons. The van der Waals surface area contributed by atoms with Gasteiger partial charge in [0.05, 0.1) is 19.8 Å². The second-order valence-corrected chi connectivity index (χ2v) is 5.56. The molecule has 0 aliphatic carbocycles. The van der Waals surface area contributed by atoms with Crippen molar-refractivity contribution in [3.63, 3.8) is 0 Å². The van der Waals surface area contributed by atoms with Crippen LogP contribution in [0.5, 0.6) is 17.2 Å². The van der Waals surface area contributed by atoms with E-state index in [9.17, 15) is 4.79 Å². The minimum Gasteiger partial charge on any atom is -0.493 e. The molecule has 0 atom stereocenters. The summed E-state index contributed by atoms with van der Waals surface area (Å²) in [5.41, 5.74) is 2.12. The number of allylic oxidation sites excluding steroid dienone is 1. The van der Waals surface area contributed by atoms with Crippen LogP contribution in [0.15, 0.2) is 36.1 Å². The highest BCUT2D eigenvalue weighted by Gasteiger charge is 2.28. The molecule has 2 aromatic carbocycles. The van der Waals surface area contributed by atoms with Crippen LogP contribution in [0.25, 0.3) is 6.08 Å². The van der Waals surface area contributed by atoms with Gasteiger partial charge in [0.15, 0.2) is 17.3 Å². The summed E-state index contributed by atoms with van der Waals surface area (Å²) in [5, 5.41) is 0.549. The Morgan fingerprint density at radius 1 is 1.09 bits per heavy atom. The number of halogens is 1. The monoisotopic (exact) mass is 330 g/mol. The number of hydrogen-bond donors (Lipinski definition) is 0. The van der Waals surface area contributed by atoms with Gasteiger partial charge in [0.1, 0.15) is 5.75 Å². The number of benzene rings is 2. The molecular weight excluding hydrogens is 316 g/mol. The van der Waals surface area contributed by atoms with Crippen LogP contribution in [0.3, 0.4) is 0 Å². The van der Waals surface area contributed by atoms with Crippen LogP contribution >= 0.6 is 11.6 Å². The first-order chi connectivity index (χ1) is 11.0. The zero-order valence-electron chi connectivity index (χ0n) is 13.0. The Labute approximate surface area is 139 Å². The SMILES string of the molecule is COc1ccc(/C=C2\Oc3cc(C)c(Cl)cc3C2=O)cc1OC. The zero-order chi connectivity index (χ0) is 16.6. The lowest BCUT2D eigenvalue weighted by Gasteiger charge is -2.08. The molecule has 0 aromatic heterocycles. The average Bonchev–Trinajstić information content (AvgIpc) is 2.83. The van der Waals surface area contributed by atoms with E-state index in [0.29, 0.717) is 27.8 Å². The molecule has 1 heterocycles. The van der Waals surface area contributed by atoms with E-state index in [0.717, 1.165) is 11.1 Å². The van der Waals surface area contributed by atoms with E-state index < -0.39 is 0 Å². The lowest BCUT2D eigenvalue weighted by Crippen LogP contribution is -1.98. The maximum absolute atomic E-state index is 12.4. The first kappa shape index (κ1) is 15.4. The number of methoxy groups -OCH3 is 2. The minimum absolute atomic E-state index is 0.184. The normalized spacial score (nSPS) is 14.6. The largest absolute Gasteiger partial charge is 0.493 e. The van der Waals surface area contributed by atoms with Crippen molar-refractivity contribution in [2.75, 3.05) is 14.2 Å². The Morgan fingerprint density at radius 3 is 2.52 bits per heavy atom. The Bertz CT molecular complexity index is 824. The number of ketones is 1. The summed E-state index contributed by atoms with van der Waals surface area (Å²) >= 11 is 6.08.